The number of nitrogens with one attached hydrogen (secondary N) is 1. The summed E-state index contributed by atoms with van der Waals surface area (Å²) in [5.74, 6) is 1.73. The minimum atomic E-state index is -1.16. The third kappa shape index (κ3) is 4.15. The molecule has 1 rings (SSSR count). The summed E-state index contributed by atoms with van der Waals surface area (Å²) < 4.78 is 5.11. The van der Waals surface area contributed by atoms with Crippen molar-refractivity contribution in [3.05, 3.63) is 33.8 Å². The monoisotopic (exact) mass is 296 g/mol. The number of hydrogen-bond donors (Lipinski definition) is 1. The summed E-state index contributed by atoms with van der Waals surface area (Å²) in [6.45, 7) is 1.59. The van der Waals surface area contributed by atoms with Gasteiger partial charge in [0.2, 0.25) is 6.23 Å². The molecule has 1 aromatic rings. The number of terminal acetylenes is 1. The number of nitriles is 1. The lowest BCUT2D eigenvalue weighted by molar-refractivity contribution is 0.0377. The molecule has 98 valence electrons. The van der Waals surface area contributed by atoms with Crippen LogP contribution in [0.25, 0.3) is 0 Å². The fourth-order valence-electron chi connectivity index (χ4n) is 1.22. The third-order valence-electron chi connectivity index (χ3n) is 2.15. The number of carbonyl (C=O) groups excluding carboxylic acids is 1. The van der Waals surface area contributed by atoms with Gasteiger partial charge in [-0.05, 0) is 19.1 Å². The van der Waals surface area contributed by atoms with E-state index in [0.717, 1.165) is 0 Å². The van der Waals surface area contributed by atoms with Gasteiger partial charge in [0, 0.05) is 0 Å². The summed E-state index contributed by atoms with van der Waals surface area (Å²) >= 11 is 11.7. The SMILES string of the molecule is C#CC(C)OC(C#N)NC(=O)c1cccc(Cl)c1Cl. The Balaban J connectivity index is 2.82. The molecule has 1 aromatic carbocycles. The molecule has 2 atom stereocenters. The molecule has 19 heavy (non-hydrogen) atoms. The van der Waals surface area contributed by atoms with Gasteiger partial charge in [-0.3, -0.25) is 4.79 Å². The smallest absolute Gasteiger partial charge is 0.255 e. The van der Waals surface area contributed by atoms with E-state index in [1.165, 1.54) is 6.07 Å². The van der Waals surface area contributed by atoms with E-state index < -0.39 is 18.2 Å². The summed E-state index contributed by atoms with van der Waals surface area (Å²) in [7, 11) is 0. The molecule has 0 bridgehead atoms. The van der Waals surface area contributed by atoms with E-state index in [-0.39, 0.29) is 15.6 Å². The van der Waals surface area contributed by atoms with Crippen LogP contribution in [0.1, 0.15) is 17.3 Å². The first-order valence-corrected chi connectivity index (χ1v) is 6.01. The fraction of sp³-hybridized carbons (Fsp3) is 0.231. The highest BCUT2D eigenvalue weighted by Gasteiger charge is 2.18. The molecule has 1 amide bonds. The highest BCUT2D eigenvalue weighted by molar-refractivity contribution is 6.43. The van der Waals surface area contributed by atoms with E-state index in [1.54, 1.807) is 25.1 Å². The minimum Gasteiger partial charge on any atom is -0.329 e. The van der Waals surface area contributed by atoms with Gasteiger partial charge in [0.1, 0.15) is 12.2 Å². The maximum atomic E-state index is 11.9. The van der Waals surface area contributed by atoms with Crippen molar-refractivity contribution in [3.63, 3.8) is 0 Å². The van der Waals surface area contributed by atoms with Gasteiger partial charge < -0.3 is 10.1 Å². The van der Waals surface area contributed by atoms with E-state index in [2.05, 4.69) is 11.2 Å². The third-order valence-corrected chi connectivity index (χ3v) is 2.97. The van der Waals surface area contributed by atoms with Crippen LogP contribution >= 0.6 is 23.2 Å². The lowest BCUT2D eigenvalue weighted by Crippen LogP contribution is -2.37. The van der Waals surface area contributed by atoms with E-state index in [9.17, 15) is 4.79 Å². The predicted octanol–water partition coefficient (Wildman–Crippen LogP) is 2.61. The molecular formula is C13H10Cl2N2O2. The highest BCUT2D eigenvalue weighted by atomic mass is 35.5. The molecule has 0 fully saturated rings. The second kappa shape index (κ2) is 7.01. The van der Waals surface area contributed by atoms with Gasteiger partial charge in [-0.1, -0.05) is 35.2 Å². The molecule has 6 heteroatoms. The van der Waals surface area contributed by atoms with Gasteiger partial charge in [0.05, 0.1) is 15.6 Å². The fourth-order valence-corrected chi connectivity index (χ4v) is 1.60. The molecule has 0 spiro atoms. The van der Waals surface area contributed by atoms with Crippen LogP contribution < -0.4 is 5.32 Å². The average Bonchev–Trinajstić information content (AvgIpc) is 2.40. The van der Waals surface area contributed by atoms with E-state index in [0.29, 0.717) is 0 Å². The van der Waals surface area contributed by atoms with Gasteiger partial charge in [0.15, 0.2) is 0 Å². The Kier molecular flexibility index (Phi) is 5.66. The van der Waals surface area contributed by atoms with Crippen molar-refractivity contribution in [3.8, 4) is 18.4 Å². The number of nitrogens with zero attached hydrogens (tertiary/aromatic N) is 1. The quantitative estimate of drug-likeness (QED) is 0.686. The first kappa shape index (κ1) is 15.3. The standard InChI is InChI=1S/C13H10Cl2N2O2/c1-3-8(2)19-11(7-16)17-13(18)9-5-4-6-10(14)12(9)15/h1,4-6,8,11H,2H3,(H,17,18). The Morgan fingerprint density at radius 3 is 2.79 bits per heavy atom. The number of rotatable bonds is 4. The maximum absolute atomic E-state index is 11.9. The van der Waals surface area contributed by atoms with Crippen LogP contribution in [-0.2, 0) is 4.74 Å². The van der Waals surface area contributed by atoms with Crippen LogP contribution in [-0.4, -0.2) is 18.2 Å². The normalized spacial score (nSPS) is 12.9. The Bertz CT molecular complexity index is 561. The zero-order valence-electron chi connectivity index (χ0n) is 9.98. The zero-order chi connectivity index (χ0) is 14.4. The lowest BCUT2D eigenvalue weighted by atomic mass is 10.2. The van der Waals surface area contributed by atoms with Gasteiger partial charge >= 0.3 is 0 Å². The summed E-state index contributed by atoms with van der Waals surface area (Å²) in [4.78, 5) is 11.9. The molecule has 0 aliphatic heterocycles. The van der Waals surface area contributed by atoms with Gasteiger partial charge in [-0.15, -0.1) is 6.42 Å². The predicted molar refractivity (Wildman–Crippen MR) is 72.7 cm³/mol. The zero-order valence-corrected chi connectivity index (χ0v) is 11.5. The van der Waals surface area contributed by atoms with Gasteiger partial charge in [0.25, 0.3) is 5.91 Å². The molecule has 0 aromatic heterocycles. The highest BCUT2D eigenvalue weighted by Crippen LogP contribution is 2.25. The molecule has 1 N–H and O–H groups in total. The Hall–Kier alpha value is -1.72. The number of carbonyl (C=O) groups is 1. The Morgan fingerprint density at radius 1 is 1.53 bits per heavy atom. The topological polar surface area (TPSA) is 62.1 Å². The summed E-state index contributed by atoms with van der Waals surface area (Å²) in [5.41, 5.74) is 0.159. The average molecular weight is 297 g/mol. The number of halogens is 2. The van der Waals surface area contributed by atoms with Gasteiger partial charge in [-0.25, -0.2) is 0 Å². The summed E-state index contributed by atoms with van der Waals surface area (Å²) in [5, 5.41) is 11.6. The molecule has 0 heterocycles. The molecule has 0 saturated heterocycles. The van der Waals surface area contributed by atoms with Crippen molar-refractivity contribution in [1.82, 2.24) is 5.32 Å². The molecule has 4 nitrogen and oxygen atoms in total. The van der Waals surface area contributed by atoms with Crippen molar-refractivity contribution in [1.29, 1.82) is 5.26 Å². The van der Waals surface area contributed by atoms with Crippen molar-refractivity contribution >= 4 is 29.1 Å². The van der Waals surface area contributed by atoms with Crippen LogP contribution in [0.5, 0.6) is 0 Å². The van der Waals surface area contributed by atoms with Crippen molar-refractivity contribution < 1.29 is 9.53 Å². The van der Waals surface area contributed by atoms with Crippen LogP contribution in [0, 0.1) is 23.7 Å². The molecule has 0 radical (unpaired) electrons. The number of benzene rings is 1. The number of amides is 1. The van der Waals surface area contributed by atoms with E-state index >= 15 is 0 Å². The lowest BCUT2D eigenvalue weighted by Gasteiger charge is -2.15. The van der Waals surface area contributed by atoms with Crippen molar-refractivity contribution in [2.75, 3.05) is 0 Å². The van der Waals surface area contributed by atoms with Crippen LogP contribution in [0.4, 0.5) is 0 Å². The van der Waals surface area contributed by atoms with Crippen molar-refractivity contribution in [2.45, 2.75) is 19.3 Å². The second-order valence-electron chi connectivity index (χ2n) is 3.53. The number of hydrogen-bond acceptors (Lipinski definition) is 3. The first-order valence-electron chi connectivity index (χ1n) is 5.25. The number of ether oxygens (including phenoxy) is 1. The van der Waals surface area contributed by atoms with Crippen LogP contribution in [0.3, 0.4) is 0 Å². The Morgan fingerprint density at radius 2 is 2.21 bits per heavy atom. The van der Waals surface area contributed by atoms with E-state index in [1.807, 2.05) is 0 Å². The maximum Gasteiger partial charge on any atom is 0.255 e. The van der Waals surface area contributed by atoms with Crippen LogP contribution in [0.2, 0.25) is 10.0 Å². The van der Waals surface area contributed by atoms with Gasteiger partial charge in [-0.2, -0.15) is 5.26 Å². The molecular weight excluding hydrogens is 287 g/mol. The molecule has 0 saturated carbocycles. The molecule has 2 unspecified atom stereocenters. The summed E-state index contributed by atoms with van der Waals surface area (Å²) in [6, 6.07) is 6.40. The minimum absolute atomic E-state index is 0.114. The molecule has 0 aliphatic rings. The van der Waals surface area contributed by atoms with E-state index in [4.69, 9.17) is 39.6 Å². The Labute approximate surface area is 121 Å². The second-order valence-corrected chi connectivity index (χ2v) is 4.31. The first-order chi connectivity index (χ1) is 8.99. The van der Waals surface area contributed by atoms with Crippen LogP contribution in [0.15, 0.2) is 18.2 Å². The largest absolute Gasteiger partial charge is 0.329 e. The van der Waals surface area contributed by atoms with Crippen molar-refractivity contribution in [2.24, 2.45) is 0 Å². The summed E-state index contributed by atoms with van der Waals surface area (Å²) in [6.07, 6.45) is 3.37. The molecule has 0 aliphatic carbocycles.